The molecule has 1 aliphatic rings. The summed E-state index contributed by atoms with van der Waals surface area (Å²) in [4.78, 5) is 2.50. The Morgan fingerprint density at radius 3 is 1.71 bits per heavy atom. The molecule has 2 aromatic rings. The minimum atomic E-state index is -0.918. The average Bonchev–Trinajstić information content (AvgIpc) is 2.62. The second-order valence-electron chi connectivity index (χ2n) is 7.24. The lowest BCUT2D eigenvalue weighted by Crippen LogP contribution is -2.36. The van der Waals surface area contributed by atoms with Crippen LogP contribution in [-0.2, 0) is 5.60 Å². The molecule has 1 fully saturated rings. The standard InChI is InChI=1S/C22H29NO/c1-18-6-10-20(11-7-18)22(24,21-12-8-19(2)9-13-21)14-17-23-15-4-3-5-16-23/h6-13,24H,3-5,14-17H2,1-2H3. The highest BCUT2D eigenvalue weighted by Crippen LogP contribution is 2.34. The van der Waals surface area contributed by atoms with Crippen molar-refractivity contribution in [1.82, 2.24) is 4.90 Å². The van der Waals surface area contributed by atoms with Crippen molar-refractivity contribution in [2.45, 2.75) is 45.1 Å². The number of hydrogen-bond acceptors (Lipinski definition) is 2. The van der Waals surface area contributed by atoms with E-state index in [9.17, 15) is 5.11 Å². The summed E-state index contributed by atoms with van der Waals surface area (Å²) in [6.07, 6.45) is 4.65. The van der Waals surface area contributed by atoms with Gasteiger partial charge in [0.15, 0.2) is 0 Å². The Bertz CT molecular complexity index is 593. The van der Waals surface area contributed by atoms with Gasteiger partial charge in [0, 0.05) is 6.54 Å². The van der Waals surface area contributed by atoms with Gasteiger partial charge in [-0.3, -0.25) is 0 Å². The fourth-order valence-electron chi connectivity index (χ4n) is 3.62. The van der Waals surface area contributed by atoms with Crippen LogP contribution in [0.2, 0.25) is 0 Å². The van der Waals surface area contributed by atoms with Crippen molar-refractivity contribution in [3.8, 4) is 0 Å². The molecule has 0 unspecified atom stereocenters. The largest absolute Gasteiger partial charge is 0.380 e. The summed E-state index contributed by atoms with van der Waals surface area (Å²) >= 11 is 0. The van der Waals surface area contributed by atoms with Crippen molar-refractivity contribution >= 4 is 0 Å². The number of nitrogens with zero attached hydrogens (tertiary/aromatic N) is 1. The topological polar surface area (TPSA) is 23.5 Å². The van der Waals surface area contributed by atoms with Crippen LogP contribution in [0.1, 0.15) is 47.9 Å². The number of piperidine rings is 1. The lowest BCUT2D eigenvalue weighted by Gasteiger charge is -2.34. The van der Waals surface area contributed by atoms with E-state index in [-0.39, 0.29) is 0 Å². The maximum Gasteiger partial charge on any atom is 0.116 e. The zero-order valence-electron chi connectivity index (χ0n) is 15.0. The van der Waals surface area contributed by atoms with Crippen LogP contribution >= 0.6 is 0 Å². The van der Waals surface area contributed by atoms with E-state index in [2.05, 4.69) is 67.3 Å². The van der Waals surface area contributed by atoms with Crippen molar-refractivity contribution in [3.63, 3.8) is 0 Å². The molecule has 0 spiro atoms. The first-order valence-corrected chi connectivity index (χ1v) is 9.17. The Balaban J connectivity index is 1.87. The van der Waals surface area contributed by atoms with Gasteiger partial charge in [-0.2, -0.15) is 0 Å². The van der Waals surface area contributed by atoms with Crippen LogP contribution in [0.15, 0.2) is 48.5 Å². The second-order valence-corrected chi connectivity index (χ2v) is 7.24. The Labute approximate surface area is 146 Å². The summed E-state index contributed by atoms with van der Waals surface area (Å²) in [6.45, 7) is 7.44. The highest BCUT2D eigenvalue weighted by atomic mass is 16.3. The van der Waals surface area contributed by atoms with Gasteiger partial charge in [-0.15, -0.1) is 0 Å². The molecule has 2 aromatic carbocycles. The molecule has 2 nitrogen and oxygen atoms in total. The summed E-state index contributed by atoms with van der Waals surface area (Å²) in [6, 6.07) is 16.7. The molecule has 0 aromatic heterocycles. The molecule has 128 valence electrons. The Hall–Kier alpha value is -1.64. The van der Waals surface area contributed by atoms with Crippen molar-refractivity contribution in [1.29, 1.82) is 0 Å². The SMILES string of the molecule is Cc1ccc(C(O)(CCN2CCCCC2)c2ccc(C)cc2)cc1. The molecule has 1 heterocycles. The lowest BCUT2D eigenvalue weighted by atomic mass is 9.82. The highest BCUT2D eigenvalue weighted by molar-refractivity contribution is 5.38. The number of hydrogen-bond donors (Lipinski definition) is 1. The van der Waals surface area contributed by atoms with Gasteiger partial charge in [-0.25, -0.2) is 0 Å². The second kappa shape index (κ2) is 7.50. The summed E-state index contributed by atoms with van der Waals surface area (Å²) in [5.74, 6) is 0. The van der Waals surface area contributed by atoms with Crippen LogP contribution in [0.3, 0.4) is 0 Å². The molecule has 1 aliphatic heterocycles. The van der Waals surface area contributed by atoms with Crippen molar-refractivity contribution < 1.29 is 5.11 Å². The number of benzene rings is 2. The van der Waals surface area contributed by atoms with E-state index in [1.165, 1.54) is 30.4 Å². The quantitative estimate of drug-likeness (QED) is 0.880. The number of aliphatic hydroxyl groups is 1. The molecule has 3 rings (SSSR count). The van der Waals surface area contributed by atoms with Gasteiger partial charge in [-0.1, -0.05) is 66.1 Å². The van der Waals surface area contributed by atoms with E-state index in [1.807, 2.05) is 0 Å². The number of aryl methyl sites for hydroxylation is 2. The third-order valence-electron chi connectivity index (χ3n) is 5.30. The van der Waals surface area contributed by atoms with Crippen LogP contribution in [0.4, 0.5) is 0 Å². The summed E-state index contributed by atoms with van der Waals surface area (Å²) in [7, 11) is 0. The zero-order valence-corrected chi connectivity index (χ0v) is 15.0. The first kappa shape index (κ1) is 17.2. The molecular weight excluding hydrogens is 294 g/mol. The summed E-state index contributed by atoms with van der Waals surface area (Å²) in [5, 5.41) is 11.6. The predicted molar refractivity (Wildman–Crippen MR) is 100 cm³/mol. The Kier molecular flexibility index (Phi) is 5.37. The third-order valence-corrected chi connectivity index (χ3v) is 5.30. The molecule has 24 heavy (non-hydrogen) atoms. The lowest BCUT2D eigenvalue weighted by molar-refractivity contribution is 0.0545. The molecule has 0 aliphatic carbocycles. The van der Waals surface area contributed by atoms with Gasteiger partial charge >= 0.3 is 0 Å². The molecule has 0 radical (unpaired) electrons. The van der Waals surface area contributed by atoms with Crippen LogP contribution in [0.5, 0.6) is 0 Å². The van der Waals surface area contributed by atoms with E-state index in [4.69, 9.17) is 0 Å². The Morgan fingerprint density at radius 2 is 1.25 bits per heavy atom. The van der Waals surface area contributed by atoms with Gasteiger partial charge in [0.1, 0.15) is 5.60 Å². The Morgan fingerprint density at radius 1 is 0.792 bits per heavy atom. The fourth-order valence-corrected chi connectivity index (χ4v) is 3.62. The van der Waals surface area contributed by atoms with Crippen LogP contribution < -0.4 is 0 Å². The summed E-state index contributed by atoms with van der Waals surface area (Å²) in [5.41, 5.74) is 3.52. The number of rotatable bonds is 5. The van der Waals surface area contributed by atoms with E-state index < -0.39 is 5.60 Å². The maximum atomic E-state index is 11.6. The van der Waals surface area contributed by atoms with E-state index in [1.54, 1.807) is 0 Å². The predicted octanol–water partition coefficient (Wildman–Crippen LogP) is 4.42. The summed E-state index contributed by atoms with van der Waals surface area (Å²) < 4.78 is 0. The van der Waals surface area contributed by atoms with E-state index in [0.717, 1.165) is 37.2 Å². The van der Waals surface area contributed by atoms with E-state index in [0.29, 0.717) is 0 Å². The minimum absolute atomic E-state index is 0.735. The van der Waals surface area contributed by atoms with Gasteiger partial charge in [0.2, 0.25) is 0 Å². The van der Waals surface area contributed by atoms with Crippen molar-refractivity contribution in [3.05, 3.63) is 70.8 Å². The van der Waals surface area contributed by atoms with Crippen LogP contribution in [-0.4, -0.2) is 29.6 Å². The van der Waals surface area contributed by atoms with Crippen LogP contribution in [0, 0.1) is 13.8 Å². The number of likely N-dealkylation sites (tertiary alicyclic amines) is 1. The minimum Gasteiger partial charge on any atom is -0.380 e. The molecule has 1 N–H and O–H groups in total. The van der Waals surface area contributed by atoms with Gasteiger partial charge in [0.25, 0.3) is 0 Å². The molecular formula is C22H29NO. The third kappa shape index (κ3) is 3.88. The van der Waals surface area contributed by atoms with Crippen molar-refractivity contribution in [2.24, 2.45) is 0 Å². The van der Waals surface area contributed by atoms with E-state index >= 15 is 0 Å². The molecule has 0 bridgehead atoms. The highest BCUT2D eigenvalue weighted by Gasteiger charge is 2.32. The first-order valence-electron chi connectivity index (χ1n) is 9.17. The van der Waals surface area contributed by atoms with Gasteiger partial charge in [-0.05, 0) is 57.3 Å². The van der Waals surface area contributed by atoms with Gasteiger partial charge < -0.3 is 10.0 Å². The average molecular weight is 323 g/mol. The van der Waals surface area contributed by atoms with Gasteiger partial charge in [0.05, 0.1) is 0 Å². The molecule has 0 amide bonds. The molecule has 0 atom stereocenters. The van der Waals surface area contributed by atoms with Crippen molar-refractivity contribution in [2.75, 3.05) is 19.6 Å². The zero-order chi connectivity index (χ0) is 17.0. The molecule has 2 heteroatoms. The smallest absolute Gasteiger partial charge is 0.116 e. The fraction of sp³-hybridized carbons (Fsp3) is 0.455. The van der Waals surface area contributed by atoms with Crippen LogP contribution in [0.25, 0.3) is 0 Å². The monoisotopic (exact) mass is 323 g/mol. The normalized spacial score (nSPS) is 16.3. The molecule has 1 saturated heterocycles. The first-order chi connectivity index (χ1) is 11.6. The molecule has 0 saturated carbocycles. The maximum absolute atomic E-state index is 11.6.